The van der Waals surface area contributed by atoms with E-state index in [1.165, 1.54) is 18.6 Å². The summed E-state index contributed by atoms with van der Waals surface area (Å²) < 4.78 is 4.90. The molecule has 1 N–H and O–H groups in total. The number of hydrogen-bond donors (Lipinski definition) is 1. The molecule has 16 heavy (non-hydrogen) atoms. The van der Waals surface area contributed by atoms with Crippen molar-refractivity contribution in [3.8, 4) is 0 Å². The van der Waals surface area contributed by atoms with Gasteiger partial charge in [0, 0.05) is 24.8 Å². The number of hydrogen-bond acceptors (Lipinski definition) is 3. The highest BCUT2D eigenvalue weighted by atomic mass is 32.2. The SMILES string of the molecule is CCS[C@H]1CCC[C@@H](NC(=O)CCOC)C1. The van der Waals surface area contributed by atoms with E-state index in [4.69, 9.17) is 4.74 Å². The van der Waals surface area contributed by atoms with Crippen LogP contribution in [0.4, 0.5) is 0 Å². The molecule has 1 fully saturated rings. The summed E-state index contributed by atoms with van der Waals surface area (Å²) in [7, 11) is 1.63. The summed E-state index contributed by atoms with van der Waals surface area (Å²) in [5.74, 6) is 1.31. The third kappa shape index (κ3) is 5.21. The van der Waals surface area contributed by atoms with Crippen molar-refractivity contribution in [1.29, 1.82) is 0 Å². The molecule has 1 aliphatic carbocycles. The zero-order valence-electron chi connectivity index (χ0n) is 10.3. The van der Waals surface area contributed by atoms with Gasteiger partial charge in [-0.15, -0.1) is 0 Å². The molecule has 0 aromatic heterocycles. The first-order valence-electron chi connectivity index (χ1n) is 6.16. The maximum absolute atomic E-state index is 11.5. The lowest BCUT2D eigenvalue weighted by molar-refractivity contribution is -0.122. The maximum atomic E-state index is 11.5. The Kier molecular flexibility index (Phi) is 6.88. The molecule has 0 heterocycles. The van der Waals surface area contributed by atoms with E-state index in [1.807, 2.05) is 11.8 Å². The summed E-state index contributed by atoms with van der Waals surface area (Å²) in [6, 6.07) is 0.391. The number of carbonyl (C=O) groups is 1. The average molecular weight is 245 g/mol. The van der Waals surface area contributed by atoms with Gasteiger partial charge >= 0.3 is 0 Å². The lowest BCUT2D eigenvalue weighted by Crippen LogP contribution is -2.39. The Morgan fingerprint density at radius 2 is 2.31 bits per heavy atom. The molecule has 0 aliphatic heterocycles. The molecule has 1 aliphatic rings. The molecule has 0 unspecified atom stereocenters. The van der Waals surface area contributed by atoms with Gasteiger partial charge in [-0.05, 0) is 25.0 Å². The van der Waals surface area contributed by atoms with Crippen molar-refractivity contribution < 1.29 is 9.53 Å². The van der Waals surface area contributed by atoms with Crippen LogP contribution in [0.3, 0.4) is 0 Å². The van der Waals surface area contributed by atoms with Gasteiger partial charge in [-0.1, -0.05) is 13.3 Å². The monoisotopic (exact) mass is 245 g/mol. The van der Waals surface area contributed by atoms with Crippen molar-refractivity contribution in [1.82, 2.24) is 5.32 Å². The normalized spacial score (nSPS) is 25.4. The second-order valence-corrected chi connectivity index (χ2v) is 5.83. The summed E-state index contributed by atoms with van der Waals surface area (Å²) in [5.41, 5.74) is 0. The van der Waals surface area contributed by atoms with Crippen molar-refractivity contribution in [3.05, 3.63) is 0 Å². The van der Waals surface area contributed by atoms with E-state index in [1.54, 1.807) is 7.11 Å². The van der Waals surface area contributed by atoms with Crippen LogP contribution in [0.1, 0.15) is 39.0 Å². The van der Waals surface area contributed by atoms with Crippen molar-refractivity contribution in [3.63, 3.8) is 0 Å². The van der Waals surface area contributed by atoms with Gasteiger partial charge in [0.25, 0.3) is 0 Å². The van der Waals surface area contributed by atoms with Crippen LogP contribution in [-0.4, -0.2) is 36.7 Å². The van der Waals surface area contributed by atoms with Crippen LogP contribution in [-0.2, 0) is 9.53 Å². The van der Waals surface area contributed by atoms with Gasteiger partial charge in [0.05, 0.1) is 6.61 Å². The van der Waals surface area contributed by atoms with Crippen LogP contribution in [0.15, 0.2) is 0 Å². The van der Waals surface area contributed by atoms with Crippen LogP contribution in [0.25, 0.3) is 0 Å². The third-order valence-corrected chi connectivity index (χ3v) is 4.16. The summed E-state index contributed by atoms with van der Waals surface area (Å²) in [6.07, 6.45) is 5.31. The van der Waals surface area contributed by atoms with Gasteiger partial charge < -0.3 is 10.1 Å². The zero-order valence-corrected chi connectivity index (χ0v) is 11.1. The van der Waals surface area contributed by atoms with E-state index in [0.717, 1.165) is 18.1 Å². The van der Waals surface area contributed by atoms with Crippen molar-refractivity contribution in [2.24, 2.45) is 0 Å². The maximum Gasteiger partial charge on any atom is 0.222 e. The Bertz CT molecular complexity index is 209. The van der Waals surface area contributed by atoms with Gasteiger partial charge in [-0.25, -0.2) is 0 Å². The fourth-order valence-corrected chi connectivity index (χ4v) is 3.33. The second-order valence-electron chi connectivity index (χ2n) is 4.25. The van der Waals surface area contributed by atoms with Gasteiger partial charge in [0.15, 0.2) is 0 Å². The van der Waals surface area contributed by atoms with E-state index in [-0.39, 0.29) is 5.91 Å². The molecule has 0 bridgehead atoms. The van der Waals surface area contributed by atoms with Gasteiger partial charge in [-0.2, -0.15) is 11.8 Å². The van der Waals surface area contributed by atoms with Crippen molar-refractivity contribution in [2.75, 3.05) is 19.5 Å². The zero-order chi connectivity index (χ0) is 11.8. The first kappa shape index (κ1) is 13.8. The van der Waals surface area contributed by atoms with Crippen LogP contribution in [0.5, 0.6) is 0 Å². The van der Waals surface area contributed by atoms with Crippen LogP contribution in [0.2, 0.25) is 0 Å². The fourth-order valence-electron chi connectivity index (χ4n) is 2.16. The van der Waals surface area contributed by atoms with E-state index >= 15 is 0 Å². The van der Waals surface area contributed by atoms with Gasteiger partial charge in [-0.3, -0.25) is 4.79 Å². The van der Waals surface area contributed by atoms with E-state index in [2.05, 4.69) is 12.2 Å². The minimum atomic E-state index is 0.133. The largest absolute Gasteiger partial charge is 0.384 e. The van der Waals surface area contributed by atoms with Crippen LogP contribution >= 0.6 is 11.8 Å². The summed E-state index contributed by atoms with van der Waals surface area (Å²) >= 11 is 2.02. The van der Waals surface area contributed by atoms with Crippen LogP contribution < -0.4 is 5.32 Å². The number of methoxy groups -OCH3 is 1. The minimum absolute atomic E-state index is 0.133. The van der Waals surface area contributed by atoms with Crippen LogP contribution in [0, 0.1) is 0 Å². The van der Waals surface area contributed by atoms with E-state index in [0.29, 0.717) is 19.1 Å². The summed E-state index contributed by atoms with van der Waals surface area (Å²) in [4.78, 5) is 11.5. The Morgan fingerprint density at radius 3 is 3.00 bits per heavy atom. The Hall–Kier alpha value is -0.220. The number of amides is 1. The van der Waals surface area contributed by atoms with Crippen molar-refractivity contribution in [2.45, 2.75) is 50.3 Å². The molecular formula is C12H23NO2S. The highest BCUT2D eigenvalue weighted by Gasteiger charge is 2.22. The summed E-state index contributed by atoms with van der Waals surface area (Å²) in [5, 5.41) is 3.85. The number of thioether (sulfide) groups is 1. The second kappa shape index (κ2) is 7.96. The topological polar surface area (TPSA) is 38.3 Å². The quantitative estimate of drug-likeness (QED) is 0.779. The molecule has 2 atom stereocenters. The average Bonchev–Trinajstić information content (AvgIpc) is 2.27. The number of ether oxygens (including phenoxy) is 1. The highest BCUT2D eigenvalue weighted by molar-refractivity contribution is 7.99. The van der Waals surface area contributed by atoms with E-state index in [9.17, 15) is 4.79 Å². The van der Waals surface area contributed by atoms with Gasteiger partial charge in [0.1, 0.15) is 0 Å². The Morgan fingerprint density at radius 1 is 1.50 bits per heavy atom. The molecule has 0 spiro atoms. The molecule has 0 aromatic carbocycles. The Balaban J connectivity index is 2.22. The van der Waals surface area contributed by atoms with Gasteiger partial charge in [0.2, 0.25) is 5.91 Å². The molecule has 0 radical (unpaired) electrons. The molecule has 1 rings (SSSR count). The summed E-state index contributed by atoms with van der Waals surface area (Å²) in [6.45, 7) is 2.72. The molecule has 4 heteroatoms. The lowest BCUT2D eigenvalue weighted by Gasteiger charge is -2.29. The number of rotatable bonds is 6. The number of nitrogens with one attached hydrogen (secondary N) is 1. The van der Waals surface area contributed by atoms with Crippen molar-refractivity contribution >= 4 is 17.7 Å². The first-order chi connectivity index (χ1) is 7.76. The third-order valence-electron chi connectivity index (χ3n) is 2.93. The Labute approximate surface area is 103 Å². The predicted molar refractivity (Wildman–Crippen MR) is 68.8 cm³/mol. The predicted octanol–water partition coefficient (Wildman–Crippen LogP) is 2.20. The fraction of sp³-hybridized carbons (Fsp3) is 0.917. The molecule has 0 saturated heterocycles. The standard InChI is InChI=1S/C12H23NO2S/c1-3-16-11-6-4-5-10(9-11)13-12(14)7-8-15-2/h10-11H,3-9H2,1-2H3,(H,13,14)/t10-,11+/m1/s1. The molecule has 1 saturated carbocycles. The lowest BCUT2D eigenvalue weighted by atomic mass is 9.95. The molecule has 0 aromatic rings. The molecular weight excluding hydrogens is 222 g/mol. The van der Waals surface area contributed by atoms with E-state index < -0.39 is 0 Å². The molecule has 3 nitrogen and oxygen atoms in total. The number of carbonyl (C=O) groups excluding carboxylic acids is 1. The minimum Gasteiger partial charge on any atom is -0.384 e. The molecule has 94 valence electrons. The smallest absolute Gasteiger partial charge is 0.222 e. The highest BCUT2D eigenvalue weighted by Crippen LogP contribution is 2.28. The molecule has 1 amide bonds. The first-order valence-corrected chi connectivity index (χ1v) is 7.21.